The predicted octanol–water partition coefficient (Wildman–Crippen LogP) is 3.12. The molecule has 0 bridgehead atoms. The highest BCUT2D eigenvalue weighted by atomic mass is 19.1. The van der Waals surface area contributed by atoms with Crippen LogP contribution < -0.4 is 14.8 Å². The first kappa shape index (κ1) is 14.2. The van der Waals surface area contributed by atoms with Crippen LogP contribution >= 0.6 is 0 Å². The number of carbonyl (C=O) groups excluding carboxylic acids is 1. The first-order chi connectivity index (χ1) is 10.6. The zero-order valence-electron chi connectivity index (χ0n) is 12.1. The summed E-state index contributed by atoms with van der Waals surface area (Å²) in [4.78, 5) is 12.1. The van der Waals surface area contributed by atoms with Gasteiger partial charge in [0.1, 0.15) is 11.4 Å². The molecule has 1 atom stereocenters. The van der Waals surface area contributed by atoms with Crippen molar-refractivity contribution in [3.63, 3.8) is 0 Å². The Balaban J connectivity index is 1.98. The number of methoxy groups -OCH3 is 2. The smallest absolute Gasteiger partial charge is 0.344 e. The molecule has 1 aliphatic rings. The highest BCUT2D eigenvalue weighted by Crippen LogP contribution is 2.41. The SMILES string of the molecule is COc1ccc2c(c1OC)C(=O)O[C@@H]2Nc1cccc(F)c1. The van der Waals surface area contributed by atoms with E-state index in [-0.39, 0.29) is 5.82 Å². The van der Waals surface area contributed by atoms with E-state index in [2.05, 4.69) is 5.32 Å². The number of ether oxygens (including phenoxy) is 3. The minimum Gasteiger partial charge on any atom is -0.493 e. The van der Waals surface area contributed by atoms with Gasteiger partial charge in [-0.25, -0.2) is 9.18 Å². The summed E-state index contributed by atoms with van der Waals surface area (Å²) in [6, 6.07) is 9.35. The number of anilines is 1. The van der Waals surface area contributed by atoms with E-state index in [1.54, 1.807) is 24.3 Å². The van der Waals surface area contributed by atoms with Crippen LogP contribution in [0.2, 0.25) is 0 Å². The lowest BCUT2D eigenvalue weighted by atomic mass is 10.1. The van der Waals surface area contributed by atoms with Crippen molar-refractivity contribution in [3.05, 3.63) is 53.3 Å². The Hall–Kier alpha value is -2.76. The lowest BCUT2D eigenvalue weighted by Gasteiger charge is -2.15. The molecular formula is C16H14FNO4. The molecule has 1 aliphatic heterocycles. The molecule has 0 aliphatic carbocycles. The maximum atomic E-state index is 13.2. The third kappa shape index (κ3) is 2.32. The Morgan fingerprint density at radius 2 is 2.00 bits per heavy atom. The van der Waals surface area contributed by atoms with Crippen molar-refractivity contribution in [2.75, 3.05) is 19.5 Å². The van der Waals surface area contributed by atoms with E-state index in [1.807, 2.05) is 0 Å². The number of carbonyl (C=O) groups is 1. The first-order valence-corrected chi connectivity index (χ1v) is 6.62. The standard InChI is InChI=1S/C16H14FNO4/c1-20-12-7-6-11-13(14(12)21-2)16(19)22-15(11)18-10-5-3-4-9(17)8-10/h3-8,15,18H,1-2H3/t15-/m0/s1. The molecule has 0 saturated carbocycles. The van der Waals surface area contributed by atoms with Gasteiger partial charge < -0.3 is 19.5 Å². The van der Waals surface area contributed by atoms with Crippen LogP contribution in [0, 0.1) is 5.82 Å². The molecule has 0 aromatic heterocycles. The first-order valence-electron chi connectivity index (χ1n) is 6.62. The Bertz CT molecular complexity index is 732. The van der Waals surface area contributed by atoms with Crippen LogP contribution in [0.3, 0.4) is 0 Å². The molecule has 3 rings (SSSR count). The van der Waals surface area contributed by atoms with E-state index in [0.29, 0.717) is 28.3 Å². The number of nitrogens with one attached hydrogen (secondary N) is 1. The van der Waals surface area contributed by atoms with Crippen LogP contribution in [-0.4, -0.2) is 20.2 Å². The molecule has 0 spiro atoms. The van der Waals surface area contributed by atoms with Gasteiger partial charge in [-0.1, -0.05) is 6.07 Å². The van der Waals surface area contributed by atoms with Crippen LogP contribution in [0.1, 0.15) is 22.1 Å². The van der Waals surface area contributed by atoms with Gasteiger partial charge in [0.15, 0.2) is 11.5 Å². The minimum absolute atomic E-state index is 0.316. The number of esters is 1. The van der Waals surface area contributed by atoms with Gasteiger partial charge in [-0.15, -0.1) is 0 Å². The molecule has 1 heterocycles. The molecule has 5 nitrogen and oxygen atoms in total. The highest BCUT2D eigenvalue weighted by molar-refractivity contribution is 5.98. The highest BCUT2D eigenvalue weighted by Gasteiger charge is 2.35. The van der Waals surface area contributed by atoms with Crippen molar-refractivity contribution in [2.24, 2.45) is 0 Å². The second-order valence-corrected chi connectivity index (χ2v) is 4.71. The summed E-state index contributed by atoms with van der Waals surface area (Å²) in [5, 5.41) is 2.98. The summed E-state index contributed by atoms with van der Waals surface area (Å²) in [5.74, 6) is -0.111. The molecule has 0 saturated heterocycles. The summed E-state index contributed by atoms with van der Waals surface area (Å²) in [6.45, 7) is 0. The van der Waals surface area contributed by atoms with Crippen LogP contribution in [0.4, 0.5) is 10.1 Å². The second-order valence-electron chi connectivity index (χ2n) is 4.71. The average molecular weight is 303 g/mol. The van der Waals surface area contributed by atoms with Gasteiger partial charge >= 0.3 is 5.97 Å². The van der Waals surface area contributed by atoms with Gasteiger partial charge in [0, 0.05) is 11.3 Å². The van der Waals surface area contributed by atoms with Crippen LogP contribution in [0.15, 0.2) is 36.4 Å². The maximum Gasteiger partial charge on any atom is 0.344 e. The summed E-state index contributed by atoms with van der Waals surface area (Å²) in [5.41, 5.74) is 1.45. The maximum absolute atomic E-state index is 13.2. The predicted molar refractivity (Wildman–Crippen MR) is 77.7 cm³/mol. The number of hydrogen-bond acceptors (Lipinski definition) is 5. The Kier molecular flexibility index (Phi) is 3.58. The Morgan fingerprint density at radius 1 is 1.18 bits per heavy atom. The number of benzene rings is 2. The summed E-state index contributed by atoms with van der Waals surface area (Å²) in [7, 11) is 2.95. The van der Waals surface area contributed by atoms with E-state index in [4.69, 9.17) is 14.2 Å². The molecule has 22 heavy (non-hydrogen) atoms. The molecule has 0 amide bonds. The monoisotopic (exact) mass is 303 g/mol. The lowest BCUT2D eigenvalue weighted by Crippen LogP contribution is -2.10. The van der Waals surface area contributed by atoms with Crippen molar-refractivity contribution in [1.29, 1.82) is 0 Å². The summed E-state index contributed by atoms with van der Waals surface area (Å²) >= 11 is 0. The largest absolute Gasteiger partial charge is 0.493 e. The van der Waals surface area contributed by atoms with Crippen LogP contribution in [0.25, 0.3) is 0 Å². The van der Waals surface area contributed by atoms with Crippen molar-refractivity contribution in [3.8, 4) is 11.5 Å². The molecular weight excluding hydrogens is 289 g/mol. The Morgan fingerprint density at radius 3 is 2.68 bits per heavy atom. The fourth-order valence-electron chi connectivity index (χ4n) is 2.44. The van der Waals surface area contributed by atoms with Gasteiger partial charge in [-0.2, -0.15) is 0 Å². The van der Waals surface area contributed by atoms with E-state index >= 15 is 0 Å². The number of fused-ring (bicyclic) bond motifs is 1. The van der Waals surface area contributed by atoms with E-state index in [1.165, 1.54) is 26.4 Å². The third-order valence-corrected chi connectivity index (χ3v) is 3.41. The van der Waals surface area contributed by atoms with Gasteiger partial charge in [-0.3, -0.25) is 0 Å². The summed E-state index contributed by atoms with van der Waals surface area (Å²) < 4.78 is 29.0. The van der Waals surface area contributed by atoms with Gasteiger partial charge in [0.2, 0.25) is 6.23 Å². The van der Waals surface area contributed by atoms with Crippen molar-refractivity contribution in [2.45, 2.75) is 6.23 Å². The van der Waals surface area contributed by atoms with Gasteiger partial charge in [-0.05, 0) is 30.3 Å². The zero-order valence-corrected chi connectivity index (χ0v) is 12.1. The molecule has 1 N–H and O–H groups in total. The third-order valence-electron chi connectivity index (χ3n) is 3.41. The lowest BCUT2D eigenvalue weighted by molar-refractivity contribution is 0.0435. The zero-order chi connectivity index (χ0) is 15.7. The summed E-state index contributed by atoms with van der Waals surface area (Å²) in [6.07, 6.45) is -0.705. The average Bonchev–Trinajstić information content (AvgIpc) is 2.82. The number of rotatable bonds is 4. The second kappa shape index (κ2) is 5.55. The molecule has 6 heteroatoms. The van der Waals surface area contributed by atoms with Crippen molar-refractivity contribution < 1.29 is 23.4 Å². The quantitative estimate of drug-likeness (QED) is 0.879. The minimum atomic E-state index is -0.705. The van der Waals surface area contributed by atoms with E-state index < -0.39 is 12.2 Å². The fourth-order valence-corrected chi connectivity index (χ4v) is 2.44. The molecule has 0 radical (unpaired) electrons. The molecule has 114 valence electrons. The number of hydrogen-bond donors (Lipinski definition) is 1. The normalized spacial score (nSPS) is 16.0. The fraction of sp³-hybridized carbons (Fsp3) is 0.188. The van der Waals surface area contributed by atoms with E-state index in [0.717, 1.165) is 0 Å². The number of cyclic esters (lactones) is 1. The molecule has 0 unspecified atom stereocenters. The van der Waals surface area contributed by atoms with Gasteiger partial charge in [0.05, 0.1) is 14.2 Å². The Labute approximate surface area is 126 Å². The topological polar surface area (TPSA) is 56.8 Å². The van der Waals surface area contributed by atoms with Gasteiger partial charge in [0.25, 0.3) is 0 Å². The van der Waals surface area contributed by atoms with Crippen molar-refractivity contribution >= 4 is 11.7 Å². The van der Waals surface area contributed by atoms with E-state index in [9.17, 15) is 9.18 Å². The molecule has 0 fully saturated rings. The van der Waals surface area contributed by atoms with Crippen molar-refractivity contribution in [1.82, 2.24) is 0 Å². The molecule has 2 aromatic carbocycles. The number of halogens is 1. The van der Waals surface area contributed by atoms with Crippen LogP contribution in [0.5, 0.6) is 11.5 Å². The molecule has 2 aromatic rings. The van der Waals surface area contributed by atoms with Crippen LogP contribution in [-0.2, 0) is 4.74 Å².